The minimum atomic E-state index is 0.0122. The number of para-hydroxylation sites is 1. The van der Waals surface area contributed by atoms with E-state index in [4.69, 9.17) is 10.5 Å². The number of nitrogen functional groups attached to an aromatic ring is 1. The summed E-state index contributed by atoms with van der Waals surface area (Å²) in [5.41, 5.74) is 8.64. The highest BCUT2D eigenvalue weighted by atomic mass is 16.5. The molecule has 1 aromatic heterocycles. The van der Waals surface area contributed by atoms with Crippen LogP contribution in [0.1, 0.15) is 31.4 Å². The minimum Gasteiger partial charge on any atom is -0.399 e. The van der Waals surface area contributed by atoms with Gasteiger partial charge in [0.05, 0.1) is 12.2 Å². The second kappa shape index (κ2) is 8.86. The summed E-state index contributed by atoms with van der Waals surface area (Å²) in [6.45, 7) is 6.32. The predicted octanol–water partition coefficient (Wildman–Crippen LogP) is 2.53. The smallest absolute Gasteiger partial charge is 0.220 e. The van der Waals surface area contributed by atoms with Crippen molar-refractivity contribution in [2.75, 3.05) is 23.7 Å². The standard InChI is InChI=1S/C21H28N4O2/c1-15-13-25(14-16(2)27-15)20-9-7-17(11-23-20)12-24-21(26)10-8-18-5-3-4-6-19(18)22/h3-7,9,11,15-16H,8,10,12-14,22H2,1-2H3,(H,24,26). The average Bonchev–Trinajstić information content (AvgIpc) is 2.65. The van der Waals surface area contributed by atoms with Crippen molar-refractivity contribution < 1.29 is 9.53 Å². The van der Waals surface area contributed by atoms with E-state index in [0.717, 1.165) is 35.7 Å². The van der Waals surface area contributed by atoms with Gasteiger partial charge in [-0.1, -0.05) is 24.3 Å². The van der Waals surface area contributed by atoms with E-state index in [-0.39, 0.29) is 18.1 Å². The zero-order valence-corrected chi connectivity index (χ0v) is 16.0. The van der Waals surface area contributed by atoms with E-state index in [2.05, 4.69) is 29.0 Å². The Kier molecular flexibility index (Phi) is 6.29. The van der Waals surface area contributed by atoms with Gasteiger partial charge >= 0.3 is 0 Å². The van der Waals surface area contributed by atoms with E-state index in [0.29, 0.717) is 19.4 Å². The van der Waals surface area contributed by atoms with E-state index >= 15 is 0 Å². The summed E-state index contributed by atoms with van der Waals surface area (Å²) >= 11 is 0. The third-order valence-corrected chi connectivity index (χ3v) is 4.72. The van der Waals surface area contributed by atoms with Crippen LogP contribution in [0.3, 0.4) is 0 Å². The van der Waals surface area contributed by atoms with Crippen LogP contribution in [-0.4, -0.2) is 36.2 Å². The van der Waals surface area contributed by atoms with E-state index in [9.17, 15) is 4.79 Å². The highest BCUT2D eigenvalue weighted by Crippen LogP contribution is 2.18. The number of carbonyl (C=O) groups is 1. The van der Waals surface area contributed by atoms with Crippen molar-refractivity contribution in [2.45, 2.75) is 45.4 Å². The molecule has 1 amide bonds. The van der Waals surface area contributed by atoms with Crippen LogP contribution < -0.4 is 16.0 Å². The number of morpholine rings is 1. The van der Waals surface area contributed by atoms with Gasteiger partial charge in [0.25, 0.3) is 0 Å². The zero-order valence-electron chi connectivity index (χ0n) is 16.0. The quantitative estimate of drug-likeness (QED) is 0.766. The maximum atomic E-state index is 12.1. The molecule has 144 valence electrons. The zero-order chi connectivity index (χ0) is 19.2. The Labute approximate surface area is 160 Å². The van der Waals surface area contributed by atoms with Gasteiger partial charge in [-0.3, -0.25) is 4.79 Å². The number of aromatic nitrogens is 1. The third kappa shape index (κ3) is 5.44. The van der Waals surface area contributed by atoms with Gasteiger partial charge in [0.2, 0.25) is 5.91 Å². The number of nitrogens with one attached hydrogen (secondary N) is 1. The molecule has 6 nitrogen and oxygen atoms in total. The highest BCUT2D eigenvalue weighted by molar-refractivity contribution is 5.76. The van der Waals surface area contributed by atoms with Crippen molar-refractivity contribution in [3.63, 3.8) is 0 Å². The topological polar surface area (TPSA) is 80.5 Å². The summed E-state index contributed by atoms with van der Waals surface area (Å²) in [5, 5.41) is 2.95. The molecular weight excluding hydrogens is 340 g/mol. The van der Waals surface area contributed by atoms with Crippen LogP contribution in [0.5, 0.6) is 0 Å². The number of carbonyl (C=O) groups excluding carboxylic acids is 1. The van der Waals surface area contributed by atoms with Gasteiger partial charge in [-0.05, 0) is 43.5 Å². The summed E-state index contributed by atoms with van der Waals surface area (Å²) in [7, 11) is 0. The van der Waals surface area contributed by atoms with Crippen molar-refractivity contribution in [1.82, 2.24) is 10.3 Å². The number of anilines is 2. The van der Waals surface area contributed by atoms with Gasteiger partial charge in [0, 0.05) is 37.9 Å². The van der Waals surface area contributed by atoms with Crippen LogP contribution in [0.25, 0.3) is 0 Å². The molecule has 2 unspecified atom stereocenters. The maximum absolute atomic E-state index is 12.1. The molecule has 3 N–H and O–H groups in total. The second-order valence-electron chi connectivity index (χ2n) is 7.16. The number of hydrogen-bond acceptors (Lipinski definition) is 5. The van der Waals surface area contributed by atoms with E-state index < -0.39 is 0 Å². The number of hydrogen-bond donors (Lipinski definition) is 2. The Morgan fingerprint density at radius 3 is 2.63 bits per heavy atom. The first-order chi connectivity index (χ1) is 13.0. The molecule has 0 radical (unpaired) electrons. The fraction of sp³-hybridized carbons (Fsp3) is 0.429. The number of aryl methyl sites for hydroxylation is 1. The molecule has 27 heavy (non-hydrogen) atoms. The number of pyridine rings is 1. The van der Waals surface area contributed by atoms with Crippen molar-refractivity contribution in [1.29, 1.82) is 0 Å². The largest absolute Gasteiger partial charge is 0.399 e. The number of benzene rings is 1. The molecule has 2 heterocycles. The molecule has 0 spiro atoms. The van der Waals surface area contributed by atoms with Crippen molar-refractivity contribution in [3.05, 3.63) is 53.7 Å². The molecular formula is C21H28N4O2. The van der Waals surface area contributed by atoms with Crippen LogP contribution in [0.2, 0.25) is 0 Å². The first-order valence-electron chi connectivity index (χ1n) is 9.46. The second-order valence-corrected chi connectivity index (χ2v) is 7.16. The molecule has 1 aliphatic rings. The normalized spacial score (nSPS) is 19.7. The van der Waals surface area contributed by atoms with E-state index in [1.165, 1.54) is 0 Å². The van der Waals surface area contributed by atoms with Crippen molar-refractivity contribution >= 4 is 17.4 Å². The van der Waals surface area contributed by atoms with Crippen molar-refractivity contribution in [3.8, 4) is 0 Å². The molecule has 2 aromatic rings. The number of rotatable bonds is 6. The molecule has 3 rings (SSSR count). The Bertz CT molecular complexity index is 753. The lowest BCUT2D eigenvalue weighted by molar-refractivity contribution is -0.121. The molecule has 1 fully saturated rings. The summed E-state index contributed by atoms with van der Waals surface area (Å²) in [5.74, 6) is 0.963. The lowest BCUT2D eigenvalue weighted by Gasteiger charge is -2.36. The summed E-state index contributed by atoms with van der Waals surface area (Å²) in [4.78, 5) is 18.9. The Morgan fingerprint density at radius 1 is 1.22 bits per heavy atom. The van der Waals surface area contributed by atoms with Crippen LogP contribution >= 0.6 is 0 Å². The van der Waals surface area contributed by atoms with Crippen LogP contribution in [0.4, 0.5) is 11.5 Å². The van der Waals surface area contributed by atoms with Gasteiger partial charge in [-0.15, -0.1) is 0 Å². The van der Waals surface area contributed by atoms with E-state index in [1.54, 1.807) is 0 Å². The monoisotopic (exact) mass is 368 g/mol. The average molecular weight is 368 g/mol. The highest BCUT2D eigenvalue weighted by Gasteiger charge is 2.22. The Morgan fingerprint density at radius 2 is 1.96 bits per heavy atom. The number of nitrogens with zero attached hydrogens (tertiary/aromatic N) is 2. The molecule has 2 atom stereocenters. The van der Waals surface area contributed by atoms with Gasteiger partial charge in [-0.25, -0.2) is 4.98 Å². The number of nitrogens with two attached hydrogens (primary N) is 1. The fourth-order valence-electron chi connectivity index (χ4n) is 3.37. The number of amides is 1. The fourth-order valence-corrected chi connectivity index (χ4v) is 3.37. The minimum absolute atomic E-state index is 0.0122. The lowest BCUT2D eigenvalue weighted by Crippen LogP contribution is -2.45. The Balaban J connectivity index is 1.47. The number of ether oxygens (including phenoxy) is 1. The maximum Gasteiger partial charge on any atom is 0.220 e. The molecule has 0 aliphatic carbocycles. The predicted molar refractivity (Wildman–Crippen MR) is 107 cm³/mol. The van der Waals surface area contributed by atoms with Gasteiger partial charge < -0.3 is 20.7 Å². The summed E-state index contributed by atoms with van der Waals surface area (Å²) in [6, 6.07) is 11.7. The van der Waals surface area contributed by atoms with Crippen LogP contribution in [0.15, 0.2) is 42.6 Å². The molecule has 0 saturated carbocycles. The van der Waals surface area contributed by atoms with Gasteiger partial charge in [0.15, 0.2) is 0 Å². The first-order valence-corrected chi connectivity index (χ1v) is 9.46. The van der Waals surface area contributed by atoms with Gasteiger partial charge in [0.1, 0.15) is 5.82 Å². The molecule has 1 aromatic carbocycles. The third-order valence-electron chi connectivity index (χ3n) is 4.72. The Hall–Kier alpha value is -2.60. The first kappa shape index (κ1) is 19.2. The van der Waals surface area contributed by atoms with E-state index in [1.807, 2.05) is 42.6 Å². The van der Waals surface area contributed by atoms with Crippen LogP contribution in [0, 0.1) is 0 Å². The molecule has 6 heteroatoms. The van der Waals surface area contributed by atoms with Gasteiger partial charge in [-0.2, -0.15) is 0 Å². The SMILES string of the molecule is CC1CN(c2ccc(CNC(=O)CCc3ccccc3N)cn2)CC(C)O1. The van der Waals surface area contributed by atoms with Crippen LogP contribution in [-0.2, 0) is 22.5 Å². The molecule has 1 saturated heterocycles. The molecule has 1 aliphatic heterocycles. The van der Waals surface area contributed by atoms with Crippen molar-refractivity contribution in [2.24, 2.45) is 0 Å². The summed E-state index contributed by atoms with van der Waals surface area (Å²) < 4.78 is 5.76. The molecule has 0 bridgehead atoms. The lowest BCUT2D eigenvalue weighted by atomic mass is 10.1. The summed E-state index contributed by atoms with van der Waals surface area (Å²) in [6.07, 6.45) is 3.29.